The molecule has 112 valence electrons. The number of rotatable bonds is 6. The minimum Gasteiger partial charge on any atom is -0.496 e. The zero-order valence-electron chi connectivity index (χ0n) is 12.8. The van der Waals surface area contributed by atoms with Crippen LogP contribution >= 0.6 is 11.6 Å². The van der Waals surface area contributed by atoms with E-state index in [-0.39, 0.29) is 12.1 Å². The van der Waals surface area contributed by atoms with Gasteiger partial charge in [0.15, 0.2) is 0 Å². The first-order valence-corrected chi connectivity index (χ1v) is 7.68. The van der Waals surface area contributed by atoms with Crippen LogP contribution in [0.1, 0.15) is 43.5 Å². The minimum absolute atomic E-state index is 0.247. The van der Waals surface area contributed by atoms with Crippen molar-refractivity contribution >= 4 is 11.6 Å². The van der Waals surface area contributed by atoms with Crippen LogP contribution in [-0.4, -0.2) is 7.11 Å². The quantitative estimate of drug-likeness (QED) is 0.796. The van der Waals surface area contributed by atoms with Crippen LogP contribution in [0, 0.1) is 0 Å². The van der Waals surface area contributed by atoms with Gasteiger partial charge in [0.05, 0.1) is 7.11 Å². The number of halogens is 1. The van der Waals surface area contributed by atoms with Crippen LogP contribution in [0.5, 0.6) is 5.75 Å². The van der Waals surface area contributed by atoms with Gasteiger partial charge in [0, 0.05) is 22.7 Å². The third kappa shape index (κ3) is 3.99. The van der Waals surface area contributed by atoms with Gasteiger partial charge in [0.1, 0.15) is 5.75 Å². The lowest BCUT2D eigenvalue weighted by atomic mass is 10.0. The summed E-state index contributed by atoms with van der Waals surface area (Å²) in [4.78, 5) is 0. The highest BCUT2D eigenvalue weighted by Crippen LogP contribution is 2.29. The van der Waals surface area contributed by atoms with E-state index >= 15 is 0 Å². The topological polar surface area (TPSA) is 21.3 Å². The highest BCUT2D eigenvalue weighted by atomic mass is 35.5. The van der Waals surface area contributed by atoms with E-state index in [9.17, 15) is 0 Å². The Morgan fingerprint density at radius 2 is 1.76 bits per heavy atom. The van der Waals surface area contributed by atoms with E-state index in [1.807, 2.05) is 24.3 Å². The number of nitrogens with one attached hydrogen (secondary N) is 1. The summed E-state index contributed by atoms with van der Waals surface area (Å²) in [5, 5.41) is 4.44. The summed E-state index contributed by atoms with van der Waals surface area (Å²) >= 11 is 5.95. The average Bonchev–Trinajstić information content (AvgIpc) is 2.53. The summed E-state index contributed by atoms with van der Waals surface area (Å²) in [6.45, 7) is 4.35. The molecule has 0 fully saturated rings. The van der Waals surface area contributed by atoms with Crippen molar-refractivity contribution in [3.63, 3.8) is 0 Å². The number of hydrogen-bond acceptors (Lipinski definition) is 2. The van der Waals surface area contributed by atoms with E-state index in [1.54, 1.807) is 7.11 Å². The van der Waals surface area contributed by atoms with Crippen LogP contribution in [0.15, 0.2) is 48.5 Å². The maximum absolute atomic E-state index is 5.95. The fourth-order valence-electron chi connectivity index (χ4n) is 2.53. The Morgan fingerprint density at radius 1 is 1.10 bits per heavy atom. The fourth-order valence-corrected chi connectivity index (χ4v) is 2.66. The summed E-state index contributed by atoms with van der Waals surface area (Å²) in [5.41, 5.74) is 2.43. The van der Waals surface area contributed by atoms with E-state index < -0.39 is 0 Å². The second-order valence-corrected chi connectivity index (χ2v) is 5.58. The molecule has 21 heavy (non-hydrogen) atoms. The van der Waals surface area contributed by atoms with E-state index in [2.05, 4.69) is 43.4 Å². The molecule has 0 saturated carbocycles. The molecule has 0 radical (unpaired) electrons. The van der Waals surface area contributed by atoms with Crippen LogP contribution < -0.4 is 10.1 Å². The summed E-state index contributed by atoms with van der Waals surface area (Å²) in [5.74, 6) is 0.931. The first-order chi connectivity index (χ1) is 10.2. The van der Waals surface area contributed by atoms with Gasteiger partial charge < -0.3 is 10.1 Å². The summed E-state index contributed by atoms with van der Waals surface area (Å²) < 4.78 is 5.47. The first kappa shape index (κ1) is 15.9. The van der Waals surface area contributed by atoms with Crippen LogP contribution in [-0.2, 0) is 0 Å². The van der Waals surface area contributed by atoms with Crippen molar-refractivity contribution in [1.82, 2.24) is 5.32 Å². The minimum atomic E-state index is 0.247. The molecule has 0 saturated heterocycles. The Bertz CT molecular complexity index is 568. The molecule has 0 spiro atoms. The Kier molecular flexibility index (Phi) is 5.66. The van der Waals surface area contributed by atoms with Gasteiger partial charge in [-0.15, -0.1) is 0 Å². The maximum atomic E-state index is 5.95. The zero-order valence-corrected chi connectivity index (χ0v) is 13.5. The Hall–Kier alpha value is -1.51. The van der Waals surface area contributed by atoms with Crippen molar-refractivity contribution in [1.29, 1.82) is 0 Å². The fraction of sp³-hybridized carbons (Fsp3) is 0.333. The maximum Gasteiger partial charge on any atom is 0.123 e. The average molecular weight is 304 g/mol. The van der Waals surface area contributed by atoms with Gasteiger partial charge in [0.2, 0.25) is 0 Å². The molecule has 0 aromatic heterocycles. The SMILES string of the molecule is CCC(N[C@@H](C)c1ccc(Cl)cc1)c1ccccc1OC. The third-order valence-corrected chi connectivity index (χ3v) is 4.00. The second-order valence-electron chi connectivity index (χ2n) is 5.14. The number of methoxy groups -OCH3 is 1. The van der Waals surface area contributed by atoms with E-state index in [0.717, 1.165) is 17.2 Å². The van der Waals surface area contributed by atoms with Crippen molar-refractivity contribution in [2.75, 3.05) is 7.11 Å². The van der Waals surface area contributed by atoms with Crippen molar-refractivity contribution in [2.24, 2.45) is 0 Å². The largest absolute Gasteiger partial charge is 0.496 e. The predicted molar refractivity (Wildman–Crippen MR) is 89.0 cm³/mol. The lowest BCUT2D eigenvalue weighted by Crippen LogP contribution is -2.24. The normalized spacial score (nSPS) is 13.7. The Morgan fingerprint density at radius 3 is 2.38 bits per heavy atom. The lowest BCUT2D eigenvalue weighted by molar-refractivity contribution is 0.388. The van der Waals surface area contributed by atoms with Gasteiger partial charge in [-0.25, -0.2) is 0 Å². The van der Waals surface area contributed by atoms with Crippen LogP contribution in [0.2, 0.25) is 5.02 Å². The smallest absolute Gasteiger partial charge is 0.123 e. The van der Waals surface area contributed by atoms with Crippen molar-refractivity contribution in [3.8, 4) is 5.75 Å². The Balaban J connectivity index is 2.16. The molecule has 1 unspecified atom stereocenters. The molecular formula is C18H22ClNO. The Labute approximate surface area is 132 Å². The van der Waals surface area contributed by atoms with Crippen LogP contribution in [0.4, 0.5) is 0 Å². The molecule has 0 aliphatic rings. The van der Waals surface area contributed by atoms with Gasteiger partial charge in [-0.1, -0.05) is 48.9 Å². The zero-order chi connectivity index (χ0) is 15.2. The monoisotopic (exact) mass is 303 g/mol. The standard InChI is InChI=1S/C18H22ClNO/c1-4-17(16-7-5-6-8-18(16)21-3)20-13(2)14-9-11-15(19)12-10-14/h5-13,17,20H,4H2,1-3H3/t13-,17?/m0/s1. The van der Waals surface area contributed by atoms with Gasteiger partial charge in [-0.2, -0.15) is 0 Å². The van der Waals surface area contributed by atoms with Gasteiger partial charge >= 0.3 is 0 Å². The predicted octanol–water partition coefficient (Wildman–Crippen LogP) is 5.15. The highest BCUT2D eigenvalue weighted by molar-refractivity contribution is 6.30. The van der Waals surface area contributed by atoms with Crippen molar-refractivity contribution in [3.05, 3.63) is 64.7 Å². The molecule has 2 rings (SSSR count). The molecule has 0 aliphatic carbocycles. The molecule has 2 nitrogen and oxygen atoms in total. The number of ether oxygens (including phenoxy) is 1. The molecule has 0 heterocycles. The molecule has 2 atom stereocenters. The van der Waals surface area contributed by atoms with Gasteiger partial charge in [0.25, 0.3) is 0 Å². The lowest BCUT2D eigenvalue weighted by Gasteiger charge is -2.24. The number of para-hydroxylation sites is 1. The van der Waals surface area contributed by atoms with E-state index in [0.29, 0.717) is 0 Å². The third-order valence-electron chi connectivity index (χ3n) is 3.74. The summed E-state index contributed by atoms with van der Waals surface area (Å²) in [7, 11) is 1.72. The number of hydrogen-bond donors (Lipinski definition) is 1. The highest BCUT2D eigenvalue weighted by Gasteiger charge is 2.17. The summed E-state index contributed by atoms with van der Waals surface area (Å²) in [6, 6.07) is 16.7. The van der Waals surface area contributed by atoms with E-state index in [4.69, 9.17) is 16.3 Å². The second kappa shape index (κ2) is 7.48. The van der Waals surface area contributed by atoms with E-state index in [1.165, 1.54) is 11.1 Å². The van der Waals surface area contributed by atoms with Crippen LogP contribution in [0.3, 0.4) is 0 Å². The summed E-state index contributed by atoms with van der Waals surface area (Å²) in [6.07, 6.45) is 0.998. The van der Waals surface area contributed by atoms with Crippen molar-refractivity contribution in [2.45, 2.75) is 32.4 Å². The van der Waals surface area contributed by atoms with Gasteiger partial charge in [-0.3, -0.25) is 0 Å². The molecule has 3 heteroatoms. The molecule has 1 N–H and O–H groups in total. The molecule has 0 bridgehead atoms. The first-order valence-electron chi connectivity index (χ1n) is 7.30. The molecular weight excluding hydrogens is 282 g/mol. The van der Waals surface area contributed by atoms with Crippen molar-refractivity contribution < 1.29 is 4.74 Å². The number of benzene rings is 2. The molecule has 0 amide bonds. The molecule has 2 aromatic carbocycles. The van der Waals surface area contributed by atoms with Crippen LogP contribution in [0.25, 0.3) is 0 Å². The van der Waals surface area contributed by atoms with Gasteiger partial charge in [-0.05, 0) is 37.1 Å². The molecule has 0 aliphatic heterocycles. The molecule has 2 aromatic rings.